The maximum absolute atomic E-state index is 12.7. The highest BCUT2D eigenvalue weighted by atomic mass is 32.2. The number of amides is 1. The second-order valence-electron chi connectivity index (χ2n) is 9.60. The summed E-state index contributed by atoms with van der Waals surface area (Å²) in [7, 11) is -3.92. The maximum Gasteiger partial charge on any atom is 0.239 e. The molecular formula is C31H31N3O6S. The minimum Gasteiger partial charge on any atom is -0.494 e. The van der Waals surface area contributed by atoms with Gasteiger partial charge in [-0.15, -0.1) is 0 Å². The number of nitrogens with zero attached hydrogens (tertiary/aromatic N) is 2. The van der Waals surface area contributed by atoms with Crippen molar-refractivity contribution >= 4 is 37.6 Å². The van der Waals surface area contributed by atoms with Gasteiger partial charge in [0.2, 0.25) is 21.8 Å². The van der Waals surface area contributed by atoms with Crippen LogP contribution in [0.4, 0.5) is 0 Å². The second-order valence-corrected chi connectivity index (χ2v) is 11.3. The van der Waals surface area contributed by atoms with E-state index in [1.54, 1.807) is 59.4 Å². The van der Waals surface area contributed by atoms with Crippen LogP contribution in [0.25, 0.3) is 27.4 Å². The van der Waals surface area contributed by atoms with Crippen molar-refractivity contribution in [3.8, 4) is 23.1 Å². The standard InChI is InChI=1S/C31H31N3O6S/c1-4-39-29-23-12-9-15-32-28(23)30(40-5-2)27-24(29)18-34(31(27)36)25-14-13-22(16-20(25)3)19-41(37,38)33-26(35)17-21-10-7-6-8-11-21/h6-16,18,36H,4-5,17,19H2,1-3H3,(H,33,35). The van der Waals surface area contributed by atoms with Gasteiger partial charge in [-0.25, -0.2) is 8.42 Å². The highest BCUT2D eigenvalue weighted by molar-refractivity contribution is 7.89. The molecule has 0 saturated heterocycles. The number of aromatic nitrogens is 2. The van der Waals surface area contributed by atoms with Gasteiger partial charge in [-0.1, -0.05) is 42.5 Å². The zero-order valence-electron chi connectivity index (χ0n) is 23.0. The number of ether oxygens (including phenoxy) is 2. The number of carbonyl (C=O) groups is 1. The lowest BCUT2D eigenvalue weighted by atomic mass is 10.1. The lowest BCUT2D eigenvalue weighted by Crippen LogP contribution is -2.32. The zero-order chi connectivity index (χ0) is 29.1. The van der Waals surface area contributed by atoms with E-state index in [0.29, 0.717) is 52.3 Å². The number of aryl methyl sites for hydroxylation is 1. The summed E-state index contributed by atoms with van der Waals surface area (Å²) < 4.78 is 41.3. The molecule has 0 fully saturated rings. The molecule has 2 aromatic heterocycles. The van der Waals surface area contributed by atoms with E-state index in [1.165, 1.54) is 0 Å². The molecule has 0 saturated carbocycles. The highest BCUT2D eigenvalue weighted by Crippen LogP contribution is 2.47. The predicted octanol–water partition coefficient (Wildman–Crippen LogP) is 5.18. The molecule has 5 aromatic rings. The first-order valence-corrected chi connectivity index (χ1v) is 14.9. The molecule has 0 radical (unpaired) electrons. The van der Waals surface area contributed by atoms with E-state index < -0.39 is 15.9 Å². The largest absolute Gasteiger partial charge is 0.494 e. The molecule has 10 heteroatoms. The van der Waals surface area contributed by atoms with Crippen LogP contribution >= 0.6 is 0 Å². The molecule has 1 amide bonds. The van der Waals surface area contributed by atoms with Crippen molar-refractivity contribution < 1.29 is 27.8 Å². The quantitative estimate of drug-likeness (QED) is 0.236. The summed E-state index contributed by atoms with van der Waals surface area (Å²) in [4.78, 5) is 16.8. The lowest BCUT2D eigenvalue weighted by molar-refractivity contribution is -0.118. The number of rotatable bonds is 10. The van der Waals surface area contributed by atoms with Crippen LogP contribution in [0.1, 0.15) is 30.5 Å². The van der Waals surface area contributed by atoms with Gasteiger partial charge in [0.05, 0.1) is 41.8 Å². The van der Waals surface area contributed by atoms with Gasteiger partial charge in [0.25, 0.3) is 0 Å². The summed E-state index contributed by atoms with van der Waals surface area (Å²) in [6.07, 6.45) is 3.42. The minimum absolute atomic E-state index is 0.0313. The number of benzene rings is 3. The van der Waals surface area contributed by atoms with E-state index in [4.69, 9.17) is 9.47 Å². The van der Waals surface area contributed by atoms with Gasteiger partial charge in [-0.2, -0.15) is 0 Å². The van der Waals surface area contributed by atoms with E-state index in [1.807, 2.05) is 39.0 Å². The summed E-state index contributed by atoms with van der Waals surface area (Å²) in [6.45, 7) is 6.38. The number of aromatic hydroxyl groups is 1. The summed E-state index contributed by atoms with van der Waals surface area (Å²) in [6, 6.07) is 17.8. The molecule has 2 heterocycles. The maximum atomic E-state index is 12.7. The number of carbonyl (C=O) groups excluding carboxylic acids is 1. The topological polar surface area (TPSA) is 120 Å². The third kappa shape index (κ3) is 5.69. The Morgan fingerprint density at radius 3 is 2.39 bits per heavy atom. The molecular weight excluding hydrogens is 542 g/mol. The van der Waals surface area contributed by atoms with Crippen LogP contribution in [0.5, 0.6) is 17.4 Å². The molecule has 0 aliphatic heterocycles. The molecule has 0 spiro atoms. The van der Waals surface area contributed by atoms with Crippen LogP contribution in [0.2, 0.25) is 0 Å². The Labute approximate surface area is 238 Å². The number of nitrogens with one attached hydrogen (secondary N) is 1. The fourth-order valence-corrected chi connectivity index (χ4v) is 6.13. The van der Waals surface area contributed by atoms with Gasteiger partial charge < -0.3 is 14.6 Å². The van der Waals surface area contributed by atoms with Gasteiger partial charge in [0.15, 0.2) is 5.75 Å². The number of hydrogen-bond donors (Lipinski definition) is 2. The number of hydrogen-bond acceptors (Lipinski definition) is 7. The normalized spacial score (nSPS) is 11.6. The third-order valence-electron chi connectivity index (χ3n) is 6.65. The highest BCUT2D eigenvalue weighted by Gasteiger charge is 2.24. The van der Waals surface area contributed by atoms with E-state index in [0.717, 1.165) is 16.5 Å². The van der Waals surface area contributed by atoms with Crippen molar-refractivity contribution in [1.82, 2.24) is 14.3 Å². The second kappa shape index (κ2) is 11.5. The number of sulfonamides is 1. The average molecular weight is 574 g/mol. The molecule has 0 bridgehead atoms. The van der Waals surface area contributed by atoms with Crippen molar-refractivity contribution in [2.75, 3.05) is 13.2 Å². The smallest absolute Gasteiger partial charge is 0.239 e. The van der Waals surface area contributed by atoms with Crippen LogP contribution in [-0.2, 0) is 27.0 Å². The van der Waals surface area contributed by atoms with Crippen molar-refractivity contribution in [2.45, 2.75) is 32.9 Å². The molecule has 5 rings (SSSR count). The van der Waals surface area contributed by atoms with Crippen molar-refractivity contribution in [3.05, 3.63) is 89.7 Å². The van der Waals surface area contributed by atoms with Crippen molar-refractivity contribution in [1.29, 1.82) is 0 Å². The molecule has 0 aliphatic carbocycles. The summed E-state index contributed by atoms with van der Waals surface area (Å²) in [5.41, 5.74) is 3.19. The van der Waals surface area contributed by atoms with E-state index in [-0.39, 0.29) is 18.1 Å². The summed E-state index contributed by atoms with van der Waals surface area (Å²) >= 11 is 0. The Balaban J connectivity index is 1.49. The third-order valence-corrected chi connectivity index (χ3v) is 7.90. The Hall–Kier alpha value is -4.57. The Kier molecular flexibility index (Phi) is 7.85. The van der Waals surface area contributed by atoms with Crippen molar-refractivity contribution in [3.63, 3.8) is 0 Å². The summed E-state index contributed by atoms with van der Waals surface area (Å²) in [5.74, 6) is 0.0484. The number of fused-ring (bicyclic) bond motifs is 2. The predicted molar refractivity (Wildman–Crippen MR) is 158 cm³/mol. The zero-order valence-corrected chi connectivity index (χ0v) is 23.9. The monoisotopic (exact) mass is 573 g/mol. The minimum atomic E-state index is -3.92. The first kappa shape index (κ1) is 28.0. The van der Waals surface area contributed by atoms with Gasteiger partial charge in [-0.05, 0) is 55.7 Å². The van der Waals surface area contributed by atoms with Gasteiger partial charge in [0.1, 0.15) is 11.3 Å². The van der Waals surface area contributed by atoms with Crippen LogP contribution in [-0.4, -0.2) is 42.2 Å². The Bertz CT molecular complexity index is 1850. The lowest BCUT2D eigenvalue weighted by Gasteiger charge is -2.14. The molecule has 41 heavy (non-hydrogen) atoms. The van der Waals surface area contributed by atoms with E-state index >= 15 is 0 Å². The summed E-state index contributed by atoms with van der Waals surface area (Å²) in [5, 5.41) is 13.4. The first-order valence-electron chi connectivity index (χ1n) is 13.3. The molecule has 2 N–H and O–H groups in total. The van der Waals surface area contributed by atoms with Crippen LogP contribution < -0.4 is 14.2 Å². The molecule has 3 aromatic carbocycles. The molecule has 9 nitrogen and oxygen atoms in total. The van der Waals surface area contributed by atoms with Gasteiger partial charge in [0, 0.05) is 17.8 Å². The van der Waals surface area contributed by atoms with E-state index in [9.17, 15) is 18.3 Å². The Morgan fingerprint density at radius 2 is 1.68 bits per heavy atom. The SMILES string of the molecule is CCOc1c2cccnc2c(OCC)c2c(O)n(-c3ccc(CS(=O)(=O)NC(=O)Cc4ccccc4)cc3C)cc12. The molecule has 0 atom stereocenters. The van der Waals surface area contributed by atoms with Crippen molar-refractivity contribution in [2.24, 2.45) is 0 Å². The Morgan fingerprint density at radius 1 is 0.951 bits per heavy atom. The fraction of sp³-hybridized carbons (Fsp3) is 0.226. The molecule has 212 valence electrons. The molecule has 0 aliphatic rings. The average Bonchev–Trinajstić information content (AvgIpc) is 3.27. The van der Waals surface area contributed by atoms with E-state index in [2.05, 4.69) is 9.71 Å². The number of pyridine rings is 1. The van der Waals surface area contributed by atoms with Crippen LogP contribution in [0, 0.1) is 6.92 Å². The van der Waals surface area contributed by atoms with Crippen LogP contribution in [0.15, 0.2) is 73.1 Å². The first-order chi connectivity index (χ1) is 19.7. The van der Waals surface area contributed by atoms with Gasteiger partial charge >= 0.3 is 0 Å². The van der Waals surface area contributed by atoms with Crippen LogP contribution in [0.3, 0.4) is 0 Å². The fourth-order valence-electron chi connectivity index (χ4n) is 5.02. The molecule has 0 unspecified atom stereocenters. The van der Waals surface area contributed by atoms with Gasteiger partial charge in [-0.3, -0.25) is 19.1 Å².